The van der Waals surface area contributed by atoms with Gasteiger partial charge in [-0.25, -0.2) is 0 Å². The Morgan fingerprint density at radius 2 is 1.65 bits per heavy atom. The molecule has 1 aromatic carbocycles. The van der Waals surface area contributed by atoms with E-state index in [4.69, 9.17) is 0 Å². The average Bonchev–Trinajstić information content (AvgIpc) is 3.26. The van der Waals surface area contributed by atoms with Crippen LogP contribution in [0.15, 0.2) is 28.8 Å². The van der Waals surface area contributed by atoms with Gasteiger partial charge in [0.2, 0.25) is 17.7 Å². The molecule has 1 saturated carbocycles. The number of carbonyl (C=O) groups excluding carboxylic acids is 3. The number of halogens is 1. The number of nitrogens with zero attached hydrogens (tertiary/aromatic N) is 1. The summed E-state index contributed by atoms with van der Waals surface area (Å²) in [6, 6.07) is 3.80. The predicted octanol–water partition coefficient (Wildman–Crippen LogP) is 3.20. The van der Waals surface area contributed by atoms with Gasteiger partial charge >= 0.3 is 0 Å². The molecule has 0 aromatic heterocycles. The van der Waals surface area contributed by atoms with Crippen LogP contribution in [-0.2, 0) is 14.4 Å². The van der Waals surface area contributed by atoms with Gasteiger partial charge in [-0.3, -0.25) is 19.3 Å². The second-order valence-electron chi connectivity index (χ2n) is 7.55. The number of aryl methyl sites for hydroxylation is 2. The lowest BCUT2D eigenvalue weighted by Gasteiger charge is -2.17. The number of anilines is 1. The molecule has 0 radical (unpaired) electrons. The van der Waals surface area contributed by atoms with Crippen molar-refractivity contribution in [1.29, 1.82) is 0 Å². The molecule has 4 rings (SSSR count). The maximum absolute atomic E-state index is 12.6. The Morgan fingerprint density at radius 3 is 2.19 bits per heavy atom. The molecule has 1 saturated heterocycles. The number of carbonyl (C=O) groups is 3. The molecule has 5 nitrogen and oxygen atoms in total. The fourth-order valence-corrected chi connectivity index (χ4v) is 4.87. The number of likely N-dealkylation sites (tertiary alicyclic amines) is 1. The van der Waals surface area contributed by atoms with E-state index < -0.39 is 0 Å². The molecule has 1 N–H and O–H groups in total. The van der Waals surface area contributed by atoms with Crippen LogP contribution in [-0.4, -0.2) is 29.2 Å². The van der Waals surface area contributed by atoms with Crippen molar-refractivity contribution in [2.24, 2.45) is 23.7 Å². The molecule has 1 aromatic rings. The zero-order valence-corrected chi connectivity index (χ0v) is 16.4. The fourth-order valence-electron chi connectivity index (χ4n) is 4.64. The van der Waals surface area contributed by atoms with Crippen molar-refractivity contribution in [3.05, 3.63) is 39.9 Å². The Bertz CT molecular complexity index is 794. The van der Waals surface area contributed by atoms with Crippen molar-refractivity contribution in [3.63, 3.8) is 0 Å². The minimum atomic E-state index is -0.197. The maximum atomic E-state index is 12.6. The molecule has 1 heterocycles. The molecule has 6 heteroatoms. The number of rotatable bonds is 4. The summed E-state index contributed by atoms with van der Waals surface area (Å²) in [4.78, 5) is 38.8. The van der Waals surface area contributed by atoms with Crippen LogP contribution in [0.3, 0.4) is 0 Å². The largest absolute Gasteiger partial charge is 0.326 e. The van der Waals surface area contributed by atoms with E-state index in [-0.39, 0.29) is 54.4 Å². The van der Waals surface area contributed by atoms with Gasteiger partial charge in [0, 0.05) is 23.1 Å². The van der Waals surface area contributed by atoms with Gasteiger partial charge in [-0.05, 0) is 55.4 Å². The number of hydrogen-bond donors (Lipinski definition) is 1. The first-order valence-electron chi connectivity index (χ1n) is 8.97. The highest BCUT2D eigenvalue weighted by Gasteiger charge is 2.58. The van der Waals surface area contributed by atoms with E-state index in [0.717, 1.165) is 27.7 Å². The first-order chi connectivity index (χ1) is 12.4. The van der Waals surface area contributed by atoms with Gasteiger partial charge in [0.1, 0.15) is 0 Å². The molecule has 1 aliphatic heterocycles. The van der Waals surface area contributed by atoms with E-state index in [0.29, 0.717) is 0 Å². The predicted molar refractivity (Wildman–Crippen MR) is 101 cm³/mol. The molecular weight excluding hydrogens is 396 g/mol. The van der Waals surface area contributed by atoms with Crippen molar-refractivity contribution in [3.8, 4) is 0 Å². The van der Waals surface area contributed by atoms with Gasteiger partial charge in [0.25, 0.3) is 0 Å². The Labute approximate surface area is 160 Å². The number of amides is 3. The number of fused-ring (bicyclic) bond motifs is 5. The second-order valence-corrected chi connectivity index (χ2v) is 8.34. The lowest BCUT2D eigenvalue weighted by Crippen LogP contribution is -2.35. The van der Waals surface area contributed by atoms with Crippen LogP contribution in [0, 0.1) is 37.5 Å². The van der Waals surface area contributed by atoms with Gasteiger partial charge in [-0.15, -0.1) is 0 Å². The average molecular weight is 417 g/mol. The van der Waals surface area contributed by atoms with Crippen molar-refractivity contribution in [2.75, 3.05) is 11.9 Å². The normalized spacial score (nSPS) is 28.8. The highest BCUT2D eigenvalue weighted by Crippen LogP contribution is 2.52. The van der Waals surface area contributed by atoms with E-state index in [9.17, 15) is 14.4 Å². The van der Waals surface area contributed by atoms with Gasteiger partial charge in [0.15, 0.2) is 0 Å². The summed E-state index contributed by atoms with van der Waals surface area (Å²) in [5, 5.41) is 2.86. The summed E-state index contributed by atoms with van der Waals surface area (Å²) in [5.41, 5.74) is 2.81. The highest BCUT2D eigenvalue weighted by atomic mass is 79.9. The summed E-state index contributed by atoms with van der Waals surface area (Å²) in [5.74, 6) is -0.373. The SMILES string of the molecule is Cc1cc(NC(=O)CCN2C(=O)[C@@H]3[C@H](C2=O)[C@H]2C=C[C@H]3C2)cc(C)c1Br. The summed E-state index contributed by atoms with van der Waals surface area (Å²) in [6.45, 7) is 4.09. The molecule has 136 valence electrons. The lowest BCUT2D eigenvalue weighted by molar-refractivity contribution is -0.140. The first kappa shape index (κ1) is 17.5. The topological polar surface area (TPSA) is 66.5 Å². The second kappa shape index (κ2) is 6.34. The molecule has 3 amide bonds. The molecule has 2 bridgehead atoms. The van der Waals surface area contributed by atoms with Crippen LogP contribution in [0.25, 0.3) is 0 Å². The summed E-state index contributed by atoms with van der Waals surface area (Å²) in [6.07, 6.45) is 5.19. The van der Waals surface area contributed by atoms with Crippen LogP contribution in [0.1, 0.15) is 24.0 Å². The number of allylic oxidation sites excluding steroid dienone is 2. The summed E-state index contributed by atoms with van der Waals surface area (Å²) in [7, 11) is 0. The third-order valence-electron chi connectivity index (χ3n) is 5.84. The Balaban J connectivity index is 1.38. The Hall–Kier alpha value is -1.95. The number of nitrogens with one attached hydrogen (secondary N) is 1. The maximum Gasteiger partial charge on any atom is 0.233 e. The van der Waals surface area contributed by atoms with E-state index >= 15 is 0 Å². The van der Waals surface area contributed by atoms with Gasteiger partial charge in [-0.2, -0.15) is 0 Å². The van der Waals surface area contributed by atoms with Gasteiger partial charge in [0.05, 0.1) is 11.8 Å². The third kappa shape index (κ3) is 2.71. The van der Waals surface area contributed by atoms with Crippen LogP contribution >= 0.6 is 15.9 Å². The molecule has 2 aliphatic carbocycles. The van der Waals surface area contributed by atoms with E-state index in [1.807, 2.05) is 26.0 Å². The Kier molecular flexibility index (Phi) is 4.26. The molecule has 0 spiro atoms. The summed E-state index contributed by atoms with van der Waals surface area (Å²) < 4.78 is 1.03. The van der Waals surface area contributed by atoms with E-state index in [1.54, 1.807) is 0 Å². The quantitative estimate of drug-likeness (QED) is 0.605. The van der Waals surface area contributed by atoms with Gasteiger partial charge in [-0.1, -0.05) is 28.1 Å². The molecule has 4 atom stereocenters. The number of benzene rings is 1. The third-order valence-corrected chi connectivity index (χ3v) is 7.10. The van der Waals surface area contributed by atoms with Crippen LogP contribution < -0.4 is 5.32 Å². The minimum absolute atomic E-state index is 0.0972. The monoisotopic (exact) mass is 416 g/mol. The number of hydrogen-bond acceptors (Lipinski definition) is 3. The van der Waals surface area contributed by atoms with Crippen molar-refractivity contribution in [1.82, 2.24) is 4.90 Å². The molecule has 3 aliphatic rings. The van der Waals surface area contributed by atoms with Crippen molar-refractivity contribution in [2.45, 2.75) is 26.7 Å². The van der Waals surface area contributed by atoms with Gasteiger partial charge < -0.3 is 5.32 Å². The Morgan fingerprint density at radius 1 is 1.12 bits per heavy atom. The van der Waals surface area contributed by atoms with Crippen molar-refractivity contribution >= 4 is 39.3 Å². The molecule has 0 unspecified atom stereocenters. The van der Waals surface area contributed by atoms with Crippen molar-refractivity contribution < 1.29 is 14.4 Å². The van der Waals surface area contributed by atoms with Crippen LogP contribution in [0.2, 0.25) is 0 Å². The molecular formula is C20H21BrN2O3. The fraction of sp³-hybridized carbons (Fsp3) is 0.450. The molecule has 2 fully saturated rings. The zero-order chi connectivity index (χ0) is 18.6. The van der Waals surface area contributed by atoms with Crippen LogP contribution in [0.5, 0.6) is 0 Å². The minimum Gasteiger partial charge on any atom is -0.326 e. The first-order valence-corrected chi connectivity index (χ1v) is 9.76. The number of imide groups is 1. The molecule has 26 heavy (non-hydrogen) atoms. The van der Waals surface area contributed by atoms with E-state index in [2.05, 4.69) is 33.4 Å². The summed E-state index contributed by atoms with van der Waals surface area (Å²) >= 11 is 3.51. The highest BCUT2D eigenvalue weighted by molar-refractivity contribution is 9.10. The smallest absolute Gasteiger partial charge is 0.233 e. The zero-order valence-electron chi connectivity index (χ0n) is 14.8. The lowest BCUT2D eigenvalue weighted by atomic mass is 9.85. The standard InChI is InChI=1S/C20H21BrN2O3/c1-10-7-14(8-11(2)18(10)21)22-15(24)5-6-23-19(25)16-12-3-4-13(9-12)17(16)20(23)26/h3-4,7-8,12-13,16-17H,5-6,9H2,1-2H3,(H,22,24)/t12-,13-,16-,17+/m0/s1. The van der Waals surface area contributed by atoms with E-state index in [1.165, 1.54) is 4.90 Å². The van der Waals surface area contributed by atoms with Crippen LogP contribution in [0.4, 0.5) is 5.69 Å².